The number of hydrogen-bond donors (Lipinski definition) is 1. The SMILES string of the molecule is CC(C)c1nnc(CCC(=O)N2CC[C@](O)(CN3CCOCC3)C2)o1. The Balaban J connectivity index is 1.46. The average Bonchev–Trinajstić information content (AvgIpc) is 3.21. The van der Waals surface area contributed by atoms with E-state index in [9.17, 15) is 9.90 Å². The molecule has 1 amide bonds. The molecule has 0 aliphatic carbocycles. The van der Waals surface area contributed by atoms with Crippen LogP contribution < -0.4 is 0 Å². The summed E-state index contributed by atoms with van der Waals surface area (Å²) in [4.78, 5) is 16.4. The monoisotopic (exact) mass is 352 g/mol. The third kappa shape index (κ3) is 4.77. The standard InChI is InChI=1S/C17H28N4O4/c1-13(2)16-19-18-14(25-16)3-4-15(22)21-6-5-17(23,12-21)11-20-7-9-24-10-8-20/h13,23H,3-12H2,1-2H3/t17-/m0/s1. The fraction of sp³-hybridized carbons (Fsp3) is 0.824. The topological polar surface area (TPSA) is 91.9 Å². The third-order valence-electron chi connectivity index (χ3n) is 4.84. The molecule has 0 unspecified atom stereocenters. The van der Waals surface area contributed by atoms with Crippen molar-refractivity contribution in [3.05, 3.63) is 11.8 Å². The molecule has 2 fully saturated rings. The normalized spacial score (nSPS) is 25.0. The van der Waals surface area contributed by atoms with Crippen molar-refractivity contribution in [2.45, 2.75) is 44.6 Å². The van der Waals surface area contributed by atoms with Gasteiger partial charge in [0.15, 0.2) is 0 Å². The second kappa shape index (κ2) is 7.80. The zero-order valence-corrected chi connectivity index (χ0v) is 15.1. The van der Waals surface area contributed by atoms with Crippen molar-refractivity contribution in [1.82, 2.24) is 20.0 Å². The highest BCUT2D eigenvalue weighted by atomic mass is 16.5. The van der Waals surface area contributed by atoms with Crippen LogP contribution in [0.3, 0.4) is 0 Å². The number of carbonyl (C=O) groups excluding carboxylic acids is 1. The van der Waals surface area contributed by atoms with Crippen molar-refractivity contribution in [3.63, 3.8) is 0 Å². The third-order valence-corrected chi connectivity index (χ3v) is 4.84. The molecule has 140 valence electrons. The molecule has 2 aliphatic rings. The zero-order chi connectivity index (χ0) is 17.9. The summed E-state index contributed by atoms with van der Waals surface area (Å²) in [5.74, 6) is 1.32. The second-order valence-corrected chi connectivity index (χ2v) is 7.37. The van der Waals surface area contributed by atoms with Gasteiger partial charge in [-0.1, -0.05) is 13.8 Å². The van der Waals surface area contributed by atoms with Crippen LogP contribution in [0.2, 0.25) is 0 Å². The number of amides is 1. The van der Waals surface area contributed by atoms with Crippen LogP contribution in [-0.4, -0.2) is 82.5 Å². The first-order valence-electron chi connectivity index (χ1n) is 9.08. The van der Waals surface area contributed by atoms with Gasteiger partial charge in [0.25, 0.3) is 0 Å². The number of aromatic nitrogens is 2. The molecule has 25 heavy (non-hydrogen) atoms. The van der Waals surface area contributed by atoms with E-state index in [0.29, 0.717) is 63.9 Å². The fourth-order valence-electron chi connectivity index (χ4n) is 3.35. The fourth-order valence-corrected chi connectivity index (χ4v) is 3.35. The molecule has 0 spiro atoms. The largest absolute Gasteiger partial charge is 0.425 e. The highest BCUT2D eigenvalue weighted by Gasteiger charge is 2.39. The lowest BCUT2D eigenvalue weighted by Gasteiger charge is -2.33. The summed E-state index contributed by atoms with van der Waals surface area (Å²) in [7, 11) is 0. The number of nitrogens with zero attached hydrogens (tertiary/aromatic N) is 4. The Hall–Kier alpha value is -1.51. The number of likely N-dealkylation sites (tertiary alicyclic amines) is 1. The van der Waals surface area contributed by atoms with E-state index in [-0.39, 0.29) is 11.8 Å². The maximum Gasteiger partial charge on any atom is 0.223 e. The van der Waals surface area contributed by atoms with Gasteiger partial charge in [-0.25, -0.2) is 0 Å². The number of morpholine rings is 1. The van der Waals surface area contributed by atoms with Gasteiger partial charge < -0.3 is 19.2 Å². The predicted molar refractivity (Wildman–Crippen MR) is 90.1 cm³/mol. The Morgan fingerprint density at radius 1 is 1.28 bits per heavy atom. The molecule has 0 saturated carbocycles. The molecule has 2 aliphatic heterocycles. The lowest BCUT2D eigenvalue weighted by Crippen LogP contribution is -2.49. The van der Waals surface area contributed by atoms with Crippen molar-refractivity contribution < 1.29 is 19.1 Å². The highest BCUT2D eigenvalue weighted by Crippen LogP contribution is 2.24. The molecule has 0 bridgehead atoms. The molecule has 0 radical (unpaired) electrons. The first kappa shape index (κ1) is 18.3. The first-order chi connectivity index (χ1) is 12.0. The van der Waals surface area contributed by atoms with Gasteiger partial charge in [0.05, 0.1) is 25.4 Å². The van der Waals surface area contributed by atoms with Gasteiger partial charge in [-0.3, -0.25) is 9.69 Å². The van der Waals surface area contributed by atoms with Crippen LogP contribution in [0.5, 0.6) is 0 Å². The van der Waals surface area contributed by atoms with E-state index >= 15 is 0 Å². The molecule has 1 aromatic heterocycles. The lowest BCUT2D eigenvalue weighted by molar-refractivity contribution is -0.131. The minimum atomic E-state index is -0.817. The van der Waals surface area contributed by atoms with Crippen LogP contribution in [-0.2, 0) is 16.0 Å². The smallest absolute Gasteiger partial charge is 0.223 e. The molecule has 8 heteroatoms. The molecular formula is C17H28N4O4. The Morgan fingerprint density at radius 2 is 2.04 bits per heavy atom. The van der Waals surface area contributed by atoms with E-state index in [4.69, 9.17) is 9.15 Å². The van der Waals surface area contributed by atoms with Gasteiger partial charge in [-0.2, -0.15) is 0 Å². The summed E-state index contributed by atoms with van der Waals surface area (Å²) in [6, 6.07) is 0. The maximum atomic E-state index is 12.4. The highest BCUT2D eigenvalue weighted by molar-refractivity contribution is 5.76. The van der Waals surface area contributed by atoms with E-state index in [1.165, 1.54) is 0 Å². The Bertz CT molecular complexity index is 585. The summed E-state index contributed by atoms with van der Waals surface area (Å²) >= 11 is 0. The Labute approximate surface area is 148 Å². The minimum absolute atomic E-state index is 0.0298. The van der Waals surface area contributed by atoms with Crippen LogP contribution in [0.1, 0.15) is 44.4 Å². The van der Waals surface area contributed by atoms with Crippen molar-refractivity contribution in [2.24, 2.45) is 0 Å². The molecule has 3 rings (SSSR count). The number of ether oxygens (including phenoxy) is 1. The zero-order valence-electron chi connectivity index (χ0n) is 15.1. The number of carbonyl (C=O) groups is 1. The summed E-state index contributed by atoms with van der Waals surface area (Å²) < 4.78 is 10.9. The predicted octanol–water partition coefficient (Wildman–Crippen LogP) is 0.421. The number of β-amino-alcohol motifs (C(OH)–C–C–N with tert-alkyl or cyclic N) is 1. The molecule has 8 nitrogen and oxygen atoms in total. The number of hydrogen-bond acceptors (Lipinski definition) is 7. The van der Waals surface area contributed by atoms with Gasteiger partial charge in [0.1, 0.15) is 0 Å². The first-order valence-corrected chi connectivity index (χ1v) is 9.08. The minimum Gasteiger partial charge on any atom is -0.425 e. The van der Waals surface area contributed by atoms with Crippen molar-refractivity contribution in [1.29, 1.82) is 0 Å². The quantitative estimate of drug-likeness (QED) is 0.793. The van der Waals surface area contributed by atoms with E-state index in [1.54, 1.807) is 4.90 Å². The van der Waals surface area contributed by atoms with E-state index < -0.39 is 5.60 Å². The Kier molecular flexibility index (Phi) is 5.71. The summed E-state index contributed by atoms with van der Waals surface area (Å²) in [6.07, 6.45) is 1.39. The molecule has 1 aromatic rings. The number of aryl methyl sites for hydroxylation is 1. The lowest BCUT2D eigenvalue weighted by atomic mass is 10.0. The van der Waals surface area contributed by atoms with Gasteiger partial charge in [0, 0.05) is 44.9 Å². The van der Waals surface area contributed by atoms with Crippen LogP contribution in [0.4, 0.5) is 0 Å². The molecule has 1 atom stereocenters. The van der Waals surface area contributed by atoms with E-state index in [0.717, 1.165) is 13.1 Å². The van der Waals surface area contributed by atoms with Crippen molar-refractivity contribution in [3.8, 4) is 0 Å². The van der Waals surface area contributed by atoms with Gasteiger partial charge >= 0.3 is 0 Å². The van der Waals surface area contributed by atoms with Crippen molar-refractivity contribution in [2.75, 3.05) is 45.9 Å². The van der Waals surface area contributed by atoms with Crippen LogP contribution >= 0.6 is 0 Å². The molecule has 1 N–H and O–H groups in total. The second-order valence-electron chi connectivity index (χ2n) is 7.37. The van der Waals surface area contributed by atoms with Crippen LogP contribution in [0.15, 0.2) is 4.42 Å². The molecule has 3 heterocycles. The molecule has 2 saturated heterocycles. The summed E-state index contributed by atoms with van der Waals surface area (Å²) in [5.41, 5.74) is -0.817. The van der Waals surface area contributed by atoms with Crippen molar-refractivity contribution >= 4 is 5.91 Å². The maximum absolute atomic E-state index is 12.4. The molecular weight excluding hydrogens is 324 g/mol. The van der Waals surface area contributed by atoms with E-state index in [1.807, 2.05) is 13.8 Å². The van der Waals surface area contributed by atoms with E-state index in [2.05, 4.69) is 15.1 Å². The van der Waals surface area contributed by atoms with Crippen LogP contribution in [0.25, 0.3) is 0 Å². The molecule has 0 aromatic carbocycles. The van der Waals surface area contributed by atoms with Gasteiger partial charge in [-0.15, -0.1) is 10.2 Å². The Morgan fingerprint density at radius 3 is 2.72 bits per heavy atom. The van der Waals surface area contributed by atoms with Gasteiger partial charge in [-0.05, 0) is 6.42 Å². The van der Waals surface area contributed by atoms with Gasteiger partial charge in [0.2, 0.25) is 17.7 Å². The average molecular weight is 352 g/mol. The number of rotatable bonds is 6. The summed E-state index contributed by atoms with van der Waals surface area (Å²) in [5, 5.41) is 18.8. The van der Waals surface area contributed by atoms with Crippen LogP contribution in [0, 0.1) is 0 Å². The number of aliphatic hydroxyl groups is 1. The summed E-state index contributed by atoms with van der Waals surface area (Å²) in [6.45, 7) is 8.66.